The summed E-state index contributed by atoms with van der Waals surface area (Å²) in [7, 11) is 0. The first kappa shape index (κ1) is 15.3. The van der Waals surface area contributed by atoms with Crippen LogP contribution in [0, 0.1) is 11.8 Å². The fourth-order valence-electron chi connectivity index (χ4n) is 2.01. The number of carbonyl (C=O) groups excluding carboxylic acids is 1. The van der Waals surface area contributed by atoms with Crippen molar-refractivity contribution in [3.8, 4) is 11.8 Å². The summed E-state index contributed by atoms with van der Waals surface area (Å²) in [6.07, 6.45) is 3.13. The number of nitrogens with zero attached hydrogens (tertiary/aromatic N) is 2. The Kier molecular flexibility index (Phi) is 4.50. The van der Waals surface area contributed by atoms with E-state index in [2.05, 4.69) is 27.1 Å². The number of hydrogen-bond acceptors (Lipinski definition) is 4. The van der Waals surface area contributed by atoms with E-state index in [4.69, 9.17) is 5.73 Å². The second kappa shape index (κ2) is 7.07. The molecule has 1 aromatic heterocycles. The summed E-state index contributed by atoms with van der Waals surface area (Å²) >= 11 is 0. The van der Waals surface area contributed by atoms with E-state index in [0.29, 0.717) is 16.8 Å². The van der Waals surface area contributed by atoms with Gasteiger partial charge in [-0.1, -0.05) is 36.1 Å². The van der Waals surface area contributed by atoms with Gasteiger partial charge in [0.05, 0.1) is 5.56 Å². The number of hydrogen-bond donors (Lipinski definition) is 2. The van der Waals surface area contributed by atoms with Gasteiger partial charge in [0, 0.05) is 29.2 Å². The Balaban J connectivity index is 1.75. The SMILES string of the molecule is Nc1ncc(C#Cc2cccc(NC(=O)c3ccccc3)c2)cn1. The first-order chi connectivity index (χ1) is 11.7. The van der Waals surface area contributed by atoms with Gasteiger partial charge < -0.3 is 11.1 Å². The van der Waals surface area contributed by atoms with Crippen molar-refractivity contribution in [2.45, 2.75) is 0 Å². The normalized spacial score (nSPS) is 9.67. The fraction of sp³-hybridized carbons (Fsp3) is 0. The molecule has 3 aromatic rings. The molecule has 0 radical (unpaired) electrons. The zero-order valence-electron chi connectivity index (χ0n) is 12.7. The minimum Gasteiger partial charge on any atom is -0.368 e. The van der Waals surface area contributed by atoms with E-state index in [9.17, 15) is 4.79 Å². The molecule has 0 bridgehead atoms. The molecule has 5 nitrogen and oxygen atoms in total. The third-order valence-electron chi connectivity index (χ3n) is 3.18. The van der Waals surface area contributed by atoms with Crippen molar-refractivity contribution in [2.75, 3.05) is 11.1 Å². The van der Waals surface area contributed by atoms with E-state index < -0.39 is 0 Å². The topological polar surface area (TPSA) is 80.9 Å². The Morgan fingerprint density at radius 3 is 2.38 bits per heavy atom. The minimum absolute atomic E-state index is 0.160. The summed E-state index contributed by atoms with van der Waals surface area (Å²) in [4.78, 5) is 19.9. The number of rotatable bonds is 2. The van der Waals surface area contributed by atoms with Crippen LogP contribution >= 0.6 is 0 Å². The lowest BCUT2D eigenvalue weighted by Gasteiger charge is -2.05. The van der Waals surface area contributed by atoms with Crippen LogP contribution in [0.1, 0.15) is 21.5 Å². The van der Waals surface area contributed by atoms with Gasteiger partial charge in [-0.25, -0.2) is 9.97 Å². The molecule has 5 heteroatoms. The second-order valence-electron chi connectivity index (χ2n) is 4.98. The average molecular weight is 314 g/mol. The first-order valence-electron chi connectivity index (χ1n) is 7.27. The van der Waals surface area contributed by atoms with E-state index in [-0.39, 0.29) is 11.9 Å². The molecule has 0 saturated carbocycles. The number of nitrogen functional groups attached to an aromatic ring is 1. The zero-order chi connectivity index (χ0) is 16.8. The summed E-state index contributed by atoms with van der Waals surface area (Å²) in [6.45, 7) is 0. The third-order valence-corrected chi connectivity index (χ3v) is 3.18. The molecule has 0 aliphatic carbocycles. The molecule has 0 aliphatic rings. The van der Waals surface area contributed by atoms with Gasteiger partial charge in [0.15, 0.2) is 0 Å². The van der Waals surface area contributed by atoms with Gasteiger partial charge in [0.2, 0.25) is 5.95 Å². The number of nitrogens with one attached hydrogen (secondary N) is 1. The van der Waals surface area contributed by atoms with Crippen molar-refractivity contribution in [1.29, 1.82) is 0 Å². The summed E-state index contributed by atoms with van der Waals surface area (Å²) in [6, 6.07) is 16.4. The van der Waals surface area contributed by atoms with Crippen LogP contribution in [0.25, 0.3) is 0 Å². The molecular formula is C19H14N4O. The monoisotopic (exact) mass is 314 g/mol. The molecule has 3 N–H and O–H groups in total. The molecule has 0 fully saturated rings. The maximum atomic E-state index is 12.2. The van der Waals surface area contributed by atoms with Gasteiger partial charge in [0.25, 0.3) is 5.91 Å². The van der Waals surface area contributed by atoms with Crippen molar-refractivity contribution in [3.63, 3.8) is 0 Å². The van der Waals surface area contributed by atoms with Crippen LogP contribution in [0.4, 0.5) is 11.6 Å². The molecule has 0 saturated heterocycles. The van der Waals surface area contributed by atoms with Gasteiger partial charge >= 0.3 is 0 Å². The molecular weight excluding hydrogens is 300 g/mol. The van der Waals surface area contributed by atoms with E-state index in [0.717, 1.165) is 5.56 Å². The lowest BCUT2D eigenvalue weighted by Crippen LogP contribution is -2.11. The summed E-state index contributed by atoms with van der Waals surface area (Å²) in [5.41, 5.74) is 8.17. The highest BCUT2D eigenvalue weighted by Crippen LogP contribution is 2.12. The Labute approximate surface area is 139 Å². The Morgan fingerprint density at radius 2 is 1.62 bits per heavy atom. The predicted octanol–water partition coefficient (Wildman–Crippen LogP) is 2.71. The number of benzene rings is 2. The predicted molar refractivity (Wildman–Crippen MR) is 93.3 cm³/mol. The zero-order valence-corrected chi connectivity index (χ0v) is 12.7. The maximum Gasteiger partial charge on any atom is 0.255 e. The van der Waals surface area contributed by atoms with Crippen molar-refractivity contribution < 1.29 is 4.79 Å². The van der Waals surface area contributed by atoms with Crippen LogP contribution in [0.2, 0.25) is 0 Å². The number of amides is 1. The van der Waals surface area contributed by atoms with Gasteiger partial charge in [-0.3, -0.25) is 4.79 Å². The van der Waals surface area contributed by atoms with Crippen LogP contribution < -0.4 is 11.1 Å². The Morgan fingerprint density at radius 1 is 0.917 bits per heavy atom. The molecule has 2 aromatic carbocycles. The van der Waals surface area contributed by atoms with Crippen LogP contribution in [-0.2, 0) is 0 Å². The fourth-order valence-corrected chi connectivity index (χ4v) is 2.01. The largest absolute Gasteiger partial charge is 0.368 e. The van der Waals surface area contributed by atoms with Gasteiger partial charge in [0.1, 0.15) is 0 Å². The number of carbonyl (C=O) groups is 1. The summed E-state index contributed by atoms with van der Waals surface area (Å²) in [5.74, 6) is 6.02. The van der Waals surface area contributed by atoms with Crippen LogP contribution in [0.3, 0.4) is 0 Å². The lowest BCUT2D eigenvalue weighted by molar-refractivity contribution is 0.102. The molecule has 0 aliphatic heterocycles. The molecule has 24 heavy (non-hydrogen) atoms. The van der Waals surface area contributed by atoms with Crippen LogP contribution in [0.15, 0.2) is 67.0 Å². The smallest absolute Gasteiger partial charge is 0.255 e. The molecule has 0 unspecified atom stereocenters. The van der Waals surface area contributed by atoms with E-state index in [1.165, 1.54) is 0 Å². The van der Waals surface area contributed by atoms with Crippen molar-refractivity contribution in [2.24, 2.45) is 0 Å². The minimum atomic E-state index is -0.160. The Hall–Kier alpha value is -3.65. The summed E-state index contributed by atoms with van der Waals surface area (Å²) in [5, 5.41) is 2.86. The molecule has 116 valence electrons. The molecule has 1 amide bonds. The van der Waals surface area contributed by atoms with E-state index >= 15 is 0 Å². The summed E-state index contributed by atoms with van der Waals surface area (Å²) < 4.78 is 0. The molecule has 0 atom stereocenters. The van der Waals surface area contributed by atoms with Gasteiger partial charge in [-0.15, -0.1) is 0 Å². The highest BCUT2D eigenvalue weighted by atomic mass is 16.1. The van der Waals surface area contributed by atoms with Crippen LogP contribution in [0.5, 0.6) is 0 Å². The Bertz CT molecular complexity index is 909. The first-order valence-corrected chi connectivity index (χ1v) is 7.27. The average Bonchev–Trinajstić information content (AvgIpc) is 2.62. The van der Waals surface area contributed by atoms with Crippen molar-refractivity contribution >= 4 is 17.5 Å². The molecule has 3 rings (SSSR count). The number of anilines is 2. The van der Waals surface area contributed by atoms with Gasteiger partial charge in [-0.2, -0.15) is 0 Å². The third kappa shape index (κ3) is 3.96. The van der Waals surface area contributed by atoms with E-state index in [1.54, 1.807) is 24.5 Å². The quantitative estimate of drug-likeness (QED) is 0.713. The number of nitrogens with two attached hydrogens (primary N) is 1. The van der Waals surface area contributed by atoms with Crippen molar-refractivity contribution in [1.82, 2.24) is 9.97 Å². The lowest BCUT2D eigenvalue weighted by atomic mass is 10.1. The van der Waals surface area contributed by atoms with Gasteiger partial charge in [-0.05, 0) is 30.3 Å². The highest BCUT2D eigenvalue weighted by Gasteiger charge is 2.04. The molecule has 1 heterocycles. The van der Waals surface area contributed by atoms with E-state index in [1.807, 2.05) is 42.5 Å². The highest BCUT2D eigenvalue weighted by molar-refractivity contribution is 6.04. The number of aromatic nitrogens is 2. The van der Waals surface area contributed by atoms with Crippen molar-refractivity contribution in [3.05, 3.63) is 83.7 Å². The standard InChI is InChI=1S/C19H14N4O/c20-19-21-12-15(13-22-19)10-9-14-5-4-8-17(11-14)23-18(24)16-6-2-1-3-7-16/h1-8,11-13H,(H,23,24)(H2,20,21,22). The van der Waals surface area contributed by atoms with Crippen LogP contribution in [-0.4, -0.2) is 15.9 Å². The second-order valence-corrected chi connectivity index (χ2v) is 4.98. The molecule has 0 spiro atoms. The maximum absolute atomic E-state index is 12.2.